The number of likely N-dealkylation sites (tertiary alicyclic amines) is 2. The van der Waals surface area contributed by atoms with Gasteiger partial charge >= 0.3 is 0 Å². The first-order valence-electron chi connectivity index (χ1n) is 10.9. The number of aliphatic hydroxyl groups is 1. The van der Waals surface area contributed by atoms with Crippen LogP contribution < -0.4 is 0 Å². The molecular weight excluding hydrogens is 428 g/mol. The van der Waals surface area contributed by atoms with Crippen molar-refractivity contribution < 1.29 is 19.5 Å². The molecule has 2 aliphatic heterocycles. The molecule has 2 aromatic rings. The highest BCUT2D eigenvalue weighted by Crippen LogP contribution is 2.43. The second-order valence-corrected chi connectivity index (χ2v) is 9.15. The smallest absolute Gasteiger partial charge is 0.240 e. The Morgan fingerprint density at radius 1 is 1.09 bits per heavy atom. The normalized spacial score (nSPS) is 23.0. The van der Waals surface area contributed by atoms with Gasteiger partial charge in [-0.3, -0.25) is 19.3 Å². The minimum absolute atomic E-state index is 0.0685. The van der Waals surface area contributed by atoms with Crippen LogP contribution in [0, 0.1) is 5.92 Å². The fraction of sp³-hybridized carbons (Fsp3) is 0.400. The van der Waals surface area contributed by atoms with Gasteiger partial charge < -0.3 is 10.0 Å². The van der Waals surface area contributed by atoms with Crippen molar-refractivity contribution in [3.63, 3.8) is 0 Å². The second-order valence-electron chi connectivity index (χ2n) is 8.75. The molecule has 2 heterocycles. The van der Waals surface area contributed by atoms with Crippen LogP contribution in [0.1, 0.15) is 42.9 Å². The van der Waals surface area contributed by atoms with Crippen LogP contribution in [-0.2, 0) is 19.8 Å². The SMILES string of the molecule is CN1C(=O)CC(CC(=O)N2CCC(C(O)c3ccccc3)CC2)(c2ccccc2Cl)C1=O. The molecule has 0 aromatic heterocycles. The molecule has 2 aromatic carbocycles. The van der Waals surface area contributed by atoms with Gasteiger partial charge in [-0.15, -0.1) is 0 Å². The van der Waals surface area contributed by atoms with E-state index in [1.165, 1.54) is 7.05 Å². The zero-order valence-electron chi connectivity index (χ0n) is 18.0. The number of carbonyl (C=O) groups excluding carboxylic acids is 3. The summed E-state index contributed by atoms with van der Waals surface area (Å²) in [7, 11) is 1.45. The molecule has 2 unspecified atom stereocenters. The van der Waals surface area contributed by atoms with Crippen LogP contribution in [0.15, 0.2) is 54.6 Å². The predicted octanol–water partition coefficient (Wildman–Crippen LogP) is 3.33. The standard InChI is InChI=1S/C25H27ClN2O4/c1-27-21(29)15-25(24(27)32,19-9-5-6-10-20(19)26)16-22(30)28-13-11-18(12-14-28)23(31)17-7-3-2-4-8-17/h2-10,18,23,31H,11-16H2,1H3. The molecule has 32 heavy (non-hydrogen) atoms. The van der Waals surface area contributed by atoms with Crippen LogP contribution in [0.3, 0.4) is 0 Å². The Morgan fingerprint density at radius 3 is 2.31 bits per heavy atom. The lowest BCUT2D eigenvalue weighted by atomic mass is 9.75. The van der Waals surface area contributed by atoms with E-state index in [0.29, 0.717) is 36.5 Å². The van der Waals surface area contributed by atoms with Crippen LogP contribution in [0.2, 0.25) is 5.02 Å². The minimum atomic E-state index is -1.28. The molecule has 168 valence electrons. The third kappa shape index (κ3) is 4.05. The van der Waals surface area contributed by atoms with E-state index in [9.17, 15) is 19.5 Å². The van der Waals surface area contributed by atoms with Gasteiger partial charge in [0, 0.05) is 38.0 Å². The van der Waals surface area contributed by atoms with E-state index in [0.717, 1.165) is 10.5 Å². The minimum Gasteiger partial charge on any atom is -0.388 e. The van der Waals surface area contributed by atoms with Gasteiger partial charge in [-0.1, -0.05) is 60.1 Å². The zero-order chi connectivity index (χ0) is 22.9. The lowest BCUT2D eigenvalue weighted by molar-refractivity contribution is -0.142. The first kappa shape index (κ1) is 22.5. The molecule has 0 saturated carbocycles. The average Bonchev–Trinajstić information content (AvgIpc) is 3.03. The third-order valence-electron chi connectivity index (χ3n) is 6.86. The molecule has 0 spiro atoms. The van der Waals surface area contributed by atoms with Gasteiger partial charge in [0.2, 0.25) is 17.7 Å². The van der Waals surface area contributed by atoms with Gasteiger partial charge in [0.15, 0.2) is 0 Å². The summed E-state index contributed by atoms with van der Waals surface area (Å²) in [4.78, 5) is 41.7. The third-order valence-corrected chi connectivity index (χ3v) is 7.19. The molecule has 2 atom stereocenters. The number of likely N-dealkylation sites (N-methyl/N-ethyl adjacent to an activating group) is 1. The molecule has 0 radical (unpaired) electrons. The summed E-state index contributed by atoms with van der Waals surface area (Å²) >= 11 is 6.40. The quantitative estimate of drug-likeness (QED) is 0.703. The largest absolute Gasteiger partial charge is 0.388 e. The van der Waals surface area contributed by atoms with Gasteiger partial charge in [0.25, 0.3) is 0 Å². The van der Waals surface area contributed by atoms with Crippen molar-refractivity contribution in [2.24, 2.45) is 5.92 Å². The van der Waals surface area contributed by atoms with E-state index in [2.05, 4.69) is 0 Å². The molecule has 3 amide bonds. The van der Waals surface area contributed by atoms with Crippen LogP contribution >= 0.6 is 11.6 Å². The zero-order valence-corrected chi connectivity index (χ0v) is 18.8. The number of rotatable bonds is 5. The highest BCUT2D eigenvalue weighted by atomic mass is 35.5. The number of aliphatic hydroxyl groups excluding tert-OH is 1. The number of nitrogens with zero attached hydrogens (tertiary/aromatic N) is 2. The number of piperidine rings is 1. The lowest BCUT2D eigenvalue weighted by Gasteiger charge is -2.36. The predicted molar refractivity (Wildman–Crippen MR) is 121 cm³/mol. The first-order valence-corrected chi connectivity index (χ1v) is 11.3. The molecule has 0 aliphatic carbocycles. The summed E-state index contributed by atoms with van der Waals surface area (Å²) in [5.74, 6) is -0.806. The van der Waals surface area contributed by atoms with Crippen molar-refractivity contribution >= 4 is 29.3 Å². The van der Waals surface area contributed by atoms with Crippen molar-refractivity contribution in [3.05, 3.63) is 70.7 Å². The summed E-state index contributed by atoms with van der Waals surface area (Å²) in [5, 5.41) is 11.1. The number of halogens is 1. The van der Waals surface area contributed by atoms with Crippen LogP contribution in [0.25, 0.3) is 0 Å². The van der Waals surface area contributed by atoms with Gasteiger partial charge in [-0.25, -0.2) is 0 Å². The molecule has 6 nitrogen and oxygen atoms in total. The fourth-order valence-corrected chi connectivity index (χ4v) is 5.25. The van der Waals surface area contributed by atoms with E-state index in [-0.39, 0.29) is 30.6 Å². The van der Waals surface area contributed by atoms with Gasteiger partial charge in [0.1, 0.15) is 0 Å². The maximum absolute atomic E-state index is 13.3. The molecule has 0 bridgehead atoms. The molecular formula is C25H27ClN2O4. The van der Waals surface area contributed by atoms with E-state index < -0.39 is 17.4 Å². The Hall–Kier alpha value is -2.70. The number of carbonyl (C=O) groups is 3. The van der Waals surface area contributed by atoms with Crippen molar-refractivity contribution in [3.8, 4) is 0 Å². The number of amides is 3. The number of hydrogen-bond donors (Lipinski definition) is 1. The van der Waals surface area contributed by atoms with Crippen LogP contribution in [-0.4, -0.2) is 52.8 Å². The Labute approximate surface area is 192 Å². The maximum Gasteiger partial charge on any atom is 0.240 e. The van der Waals surface area contributed by atoms with Gasteiger partial charge in [-0.2, -0.15) is 0 Å². The summed E-state index contributed by atoms with van der Waals surface area (Å²) < 4.78 is 0. The summed E-state index contributed by atoms with van der Waals surface area (Å²) in [6.45, 7) is 1.01. The first-order chi connectivity index (χ1) is 15.3. The molecule has 2 saturated heterocycles. The Kier molecular flexibility index (Phi) is 6.35. The number of imide groups is 1. The monoisotopic (exact) mass is 454 g/mol. The van der Waals surface area contributed by atoms with Crippen LogP contribution in [0.5, 0.6) is 0 Å². The maximum atomic E-state index is 13.3. The van der Waals surface area contributed by atoms with E-state index in [4.69, 9.17) is 11.6 Å². The average molecular weight is 455 g/mol. The number of hydrogen-bond acceptors (Lipinski definition) is 4. The van der Waals surface area contributed by atoms with Crippen molar-refractivity contribution in [1.29, 1.82) is 0 Å². The summed E-state index contributed by atoms with van der Waals surface area (Å²) in [5.41, 5.74) is 0.127. The van der Waals surface area contributed by atoms with Gasteiger partial charge in [0.05, 0.1) is 11.5 Å². The summed E-state index contributed by atoms with van der Waals surface area (Å²) in [6.07, 6.45) is 0.616. The number of benzene rings is 2. The Bertz CT molecular complexity index is 1020. The molecule has 2 aliphatic rings. The van der Waals surface area contributed by atoms with Crippen molar-refractivity contribution in [2.75, 3.05) is 20.1 Å². The highest BCUT2D eigenvalue weighted by Gasteiger charge is 2.53. The molecule has 1 N–H and O–H groups in total. The molecule has 2 fully saturated rings. The van der Waals surface area contributed by atoms with Gasteiger partial charge in [-0.05, 0) is 36.0 Å². The van der Waals surface area contributed by atoms with Crippen LogP contribution in [0.4, 0.5) is 0 Å². The van der Waals surface area contributed by atoms with Crippen molar-refractivity contribution in [1.82, 2.24) is 9.80 Å². The van der Waals surface area contributed by atoms with Crippen molar-refractivity contribution in [2.45, 2.75) is 37.2 Å². The van der Waals surface area contributed by atoms with E-state index in [1.54, 1.807) is 29.2 Å². The highest BCUT2D eigenvalue weighted by molar-refractivity contribution is 6.32. The lowest BCUT2D eigenvalue weighted by Crippen LogP contribution is -2.45. The van der Waals surface area contributed by atoms with E-state index >= 15 is 0 Å². The van der Waals surface area contributed by atoms with E-state index in [1.807, 2.05) is 30.3 Å². The molecule has 4 rings (SSSR count). The molecule has 7 heteroatoms. The summed E-state index contributed by atoms with van der Waals surface area (Å²) in [6, 6.07) is 16.5. The second kappa shape index (κ2) is 9.04. The Morgan fingerprint density at radius 2 is 1.72 bits per heavy atom. The Balaban J connectivity index is 1.49. The topological polar surface area (TPSA) is 77.9 Å². The fourth-order valence-electron chi connectivity index (χ4n) is 4.94.